The summed E-state index contributed by atoms with van der Waals surface area (Å²) in [6, 6.07) is 0. The summed E-state index contributed by atoms with van der Waals surface area (Å²) < 4.78 is 13.2. The molecule has 0 aliphatic carbocycles. The molecule has 0 N–H and O–H groups in total. The van der Waals surface area contributed by atoms with Crippen LogP contribution in [0.4, 0.5) is 4.11 Å². The maximum atomic E-state index is 13.2. The number of rotatable bonds is 3. The second-order valence-electron chi connectivity index (χ2n) is 4.09. The monoisotopic (exact) mass is 176 g/mol. The van der Waals surface area contributed by atoms with Gasteiger partial charge in [-0.2, -0.15) is 0 Å². The van der Waals surface area contributed by atoms with Crippen LogP contribution in [0.3, 0.4) is 0 Å². The van der Waals surface area contributed by atoms with Crippen molar-refractivity contribution in [2.45, 2.75) is 31.9 Å². The third-order valence-corrected chi connectivity index (χ3v) is 9.54. The lowest BCUT2D eigenvalue weighted by atomic mass is 11.3. The van der Waals surface area contributed by atoms with Crippen molar-refractivity contribution < 1.29 is 4.11 Å². The van der Waals surface area contributed by atoms with E-state index in [4.69, 9.17) is 0 Å². The Morgan fingerprint density at radius 2 is 1.70 bits per heavy atom. The third-order valence-electron chi connectivity index (χ3n) is 1.43. The first-order chi connectivity index (χ1) is 4.27. The molecule has 0 spiro atoms. The van der Waals surface area contributed by atoms with Gasteiger partial charge in [-0.25, -0.2) is 0 Å². The highest BCUT2D eigenvalue weighted by Gasteiger charge is 2.30. The van der Waals surface area contributed by atoms with Crippen molar-refractivity contribution in [3.05, 3.63) is 12.3 Å². The first-order valence-corrected chi connectivity index (χ1v) is 9.96. The number of hydrogen-bond donors (Lipinski definition) is 0. The summed E-state index contributed by atoms with van der Waals surface area (Å²) in [4.78, 5) is 0. The van der Waals surface area contributed by atoms with E-state index in [1.165, 1.54) is 0 Å². The van der Waals surface area contributed by atoms with Crippen molar-refractivity contribution in [3.63, 3.8) is 0 Å². The van der Waals surface area contributed by atoms with Crippen molar-refractivity contribution in [2.24, 2.45) is 0 Å². The predicted molar refractivity (Wildman–Crippen MR) is 51.1 cm³/mol. The van der Waals surface area contributed by atoms with Crippen molar-refractivity contribution in [3.8, 4) is 0 Å². The van der Waals surface area contributed by atoms with Crippen LogP contribution in [0.1, 0.15) is 0 Å². The molecule has 0 nitrogen and oxygen atoms in total. The van der Waals surface area contributed by atoms with Crippen LogP contribution >= 0.6 is 0 Å². The molecule has 60 valence electrons. The lowest BCUT2D eigenvalue weighted by molar-refractivity contribution is 0.803. The van der Waals surface area contributed by atoms with Gasteiger partial charge in [0.1, 0.15) is 0 Å². The van der Waals surface area contributed by atoms with Gasteiger partial charge in [0.05, 0.1) is 8.07 Å². The Labute approximate surface area is 65.3 Å². The summed E-state index contributed by atoms with van der Waals surface area (Å²) in [5.74, 6) is 0. The van der Waals surface area contributed by atoms with Gasteiger partial charge >= 0.3 is 0 Å². The summed E-state index contributed by atoms with van der Waals surface area (Å²) in [6.45, 7) is 11.6. The highest BCUT2D eigenvalue weighted by molar-refractivity contribution is 6.95. The molecule has 0 rings (SSSR count). The lowest BCUT2D eigenvalue weighted by Crippen LogP contribution is -2.34. The molecular formula is C7H17FSi2. The quantitative estimate of drug-likeness (QED) is 0.458. The zero-order valence-electron chi connectivity index (χ0n) is 7.37. The maximum Gasteiger partial charge on any atom is 0.238 e. The smallest absolute Gasteiger partial charge is 0.238 e. The van der Waals surface area contributed by atoms with E-state index in [1.54, 1.807) is 13.1 Å². The van der Waals surface area contributed by atoms with Gasteiger partial charge in [0.2, 0.25) is 8.41 Å². The van der Waals surface area contributed by atoms with E-state index in [0.29, 0.717) is 0 Å². The minimum absolute atomic E-state index is 0.809. The Morgan fingerprint density at radius 1 is 1.30 bits per heavy atom. The van der Waals surface area contributed by atoms with Gasteiger partial charge in [-0.3, -0.25) is 0 Å². The fourth-order valence-corrected chi connectivity index (χ4v) is 10.4. The van der Waals surface area contributed by atoms with E-state index in [0.717, 1.165) is 5.67 Å². The topological polar surface area (TPSA) is 0 Å². The van der Waals surface area contributed by atoms with Gasteiger partial charge in [0, 0.05) is 0 Å². The average Bonchev–Trinajstić information content (AvgIpc) is 1.60. The van der Waals surface area contributed by atoms with Gasteiger partial charge in [0.25, 0.3) is 0 Å². The minimum atomic E-state index is -2.32. The van der Waals surface area contributed by atoms with Gasteiger partial charge < -0.3 is 4.11 Å². The molecule has 0 atom stereocenters. The van der Waals surface area contributed by atoms with Crippen molar-refractivity contribution in [1.82, 2.24) is 0 Å². The highest BCUT2D eigenvalue weighted by Crippen LogP contribution is 2.20. The van der Waals surface area contributed by atoms with Crippen LogP contribution in [0.5, 0.6) is 0 Å². The number of halogens is 1. The predicted octanol–water partition coefficient (Wildman–Crippen LogP) is 3.13. The molecule has 0 unspecified atom stereocenters. The van der Waals surface area contributed by atoms with Gasteiger partial charge in [-0.05, 0) is 18.8 Å². The fourth-order valence-electron chi connectivity index (χ4n) is 1.16. The first-order valence-electron chi connectivity index (χ1n) is 3.59. The van der Waals surface area contributed by atoms with Crippen molar-refractivity contribution in [1.29, 1.82) is 0 Å². The fraction of sp³-hybridized carbons (Fsp3) is 0.714. The van der Waals surface area contributed by atoms with Crippen LogP contribution < -0.4 is 0 Å². The minimum Gasteiger partial charge on any atom is -0.315 e. The third kappa shape index (κ3) is 4.93. The zero-order chi connectivity index (χ0) is 8.41. The van der Waals surface area contributed by atoms with E-state index < -0.39 is 16.5 Å². The summed E-state index contributed by atoms with van der Waals surface area (Å²) in [7, 11) is -3.69. The lowest BCUT2D eigenvalue weighted by Gasteiger charge is -2.22. The second kappa shape index (κ2) is 3.01. The molecule has 0 aromatic rings. The summed E-state index contributed by atoms with van der Waals surface area (Å²) in [6.07, 6.45) is 0. The molecule has 0 heterocycles. The Morgan fingerprint density at radius 3 is 1.80 bits per heavy atom. The standard InChI is InChI=1S/C7H17FSi2/c1-6-9(2,3)7-10(4,5)8/h6H,1,7H2,2-5H3. The molecule has 0 aliphatic rings. The molecule has 0 aromatic carbocycles. The Kier molecular flexibility index (Phi) is 3.04. The van der Waals surface area contributed by atoms with Gasteiger partial charge in [-0.15, -0.1) is 12.3 Å². The first kappa shape index (κ1) is 10.1. The van der Waals surface area contributed by atoms with Crippen molar-refractivity contribution >= 4 is 16.5 Å². The Bertz CT molecular complexity index is 124. The normalized spacial score (nSPS) is 13.3. The molecule has 3 heteroatoms. The van der Waals surface area contributed by atoms with Crippen molar-refractivity contribution in [2.75, 3.05) is 0 Å². The van der Waals surface area contributed by atoms with E-state index >= 15 is 0 Å². The van der Waals surface area contributed by atoms with Gasteiger partial charge in [-0.1, -0.05) is 13.1 Å². The van der Waals surface area contributed by atoms with Crippen LogP contribution in [-0.2, 0) is 0 Å². The van der Waals surface area contributed by atoms with Crippen LogP contribution in [0.25, 0.3) is 0 Å². The highest BCUT2D eigenvalue weighted by atomic mass is 28.4. The summed E-state index contributed by atoms with van der Waals surface area (Å²) >= 11 is 0. The van der Waals surface area contributed by atoms with E-state index in [1.807, 2.05) is 5.70 Å². The Balaban J connectivity index is 4.01. The maximum absolute atomic E-state index is 13.2. The van der Waals surface area contributed by atoms with E-state index in [2.05, 4.69) is 19.7 Å². The van der Waals surface area contributed by atoms with Crippen LogP contribution in [0, 0.1) is 0 Å². The summed E-state index contributed by atoms with van der Waals surface area (Å²) in [5, 5.41) is 0. The van der Waals surface area contributed by atoms with E-state index in [-0.39, 0.29) is 0 Å². The molecule has 0 fully saturated rings. The largest absolute Gasteiger partial charge is 0.315 e. The SMILES string of the molecule is C=C[Si](C)(C)C[Si](C)(C)F. The molecule has 0 saturated carbocycles. The molecule has 0 saturated heterocycles. The molecular weight excluding hydrogens is 159 g/mol. The Hall–Kier alpha value is 0.104. The molecule has 0 amide bonds. The molecule has 10 heavy (non-hydrogen) atoms. The second-order valence-corrected chi connectivity index (χ2v) is 13.3. The molecule has 0 bridgehead atoms. The molecule has 0 aliphatic heterocycles. The molecule has 0 radical (unpaired) electrons. The van der Waals surface area contributed by atoms with Crippen LogP contribution in [0.2, 0.25) is 31.9 Å². The number of hydrogen-bond acceptors (Lipinski definition) is 0. The molecule has 0 aromatic heterocycles. The zero-order valence-corrected chi connectivity index (χ0v) is 9.37. The van der Waals surface area contributed by atoms with Crippen LogP contribution in [-0.4, -0.2) is 16.5 Å². The average molecular weight is 176 g/mol. The van der Waals surface area contributed by atoms with Crippen LogP contribution in [0.15, 0.2) is 12.3 Å². The van der Waals surface area contributed by atoms with E-state index in [9.17, 15) is 4.11 Å². The summed E-state index contributed by atoms with van der Waals surface area (Å²) in [5.41, 5.74) is 2.78. The van der Waals surface area contributed by atoms with Gasteiger partial charge in [0.15, 0.2) is 0 Å².